The molecular formula is C16H19N3. The number of nitrogens with zero attached hydrogens (tertiary/aromatic N) is 2. The van der Waals surface area contributed by atoms with Crippen molar-refractivity contribution in [1.29, 1.82) is 0 Å². The minimum Gasteiger partial charge on any atom is -0.347 e. The van der Waals surface area contributed by atoms with Crippen molar-refractivity contribution in [3.05, 3.63) is 53.1 Å². The zero-order valence-electron chi connectivity index (χ0n) is 11.1. The van der Waals surface area contributed by atoms with Gasteiger partial charge in [-0.15, -0.1) is 0 Å². The van der Waals surface area contributed by atoms with E-state index in [0.717, 1.165) is 19.5 Å². The van der Waals surface area contributed by atoms with Gasteiger partial charge in [0.25, 0.3) is 0 Å². The van der Waals surface area contributed by atoms with Crippen molar-refractivity contribution in [2.45, 2.75) is 38.3 Å². The number of aryl methyl sites for hydroxylation is 1. The normalized spacial score (nSPS) is 22.8. The minimum atomic E-state index is 0.700. The topological polar surface area (TPSA) is 31.9 Å². The summed E-state index contributed by atoms with van der Waals surface area (Å²) in [5, 5.41) is 0. The van der Waals surface area contributed by atoms with Gasteiger partial charge in [-0.25, -0.2) is 4.98 Å². The first-order valence-electron chi connectivity index (χ1n) is 7.22. The second kappa shape index (κ2) is 4.49. The fraction of sp³-hybridized carbons (Fsp3) is 0.438. The fourth-order valence-electron chi connectivity index (χ4n) is 3.54. The third-order valence-corrected chi connectivity index (χ3v) is 4.64. The van der Waals surface area contributed by atoms with Gasteiger partial charge in [0.15, 0.2) is 0 Å². The van der Waals surface area contributed by atoms with E-state index in [1.165, 1.54) is 30.7 Å². The highest BCUT2D eigenvalue weighted by Crippen LogP contribution is 2.27. The van der Waals surface area contributed by atoms with Crippen LogP contribution < -0.4 is 0 Å². The first-order chi connectivity index (χ1) is 9.40. The number of H-pyrrole nitrogens is 1. The lowest BCUT2D eigenvalue weighted by molar-refractivity contribution is 0.160. The molecule has 2 heterocycles. The zero-order valence-corrected chi connectivity index (χ0v) is 11.1. The molecule has 0 radical (unpaired) electrons. The molecule has 1 aromatic carbocycles. The van der Waals surface area contributed by atoms with Crippen molar-refractivity contribution in [3.8, 4) is 0 Å². The highest BCUT2D eigenvalue weighted by molar-refractivity contribution is 5.30. The number of nitrogens with one attached hydrogen (secondary N) is 1. The molecule has 0 amide bonds. The number of aromatic amines is 1. The molecule has 1 N–H and O–H groups in total. The lowest BCUT2D eigenvalue weighted by Gasteiger charge is -2.37. The Morgan fingerprint density at radius 2 is 2.05 bits per heavy atom. The van der Waals surface area contributed by atoms with E-state index >= 15 is 0 Å². The van der Waals surface area contributed by atoms with Gasteiger partial charge in [-0.2, -0.15) is 0 Å². The maximum Gasteiger partial charge on any atom is 0.0925 e. The highest BCUT2D eigenvalue weighted by atomic mass is 15.2. The summed E-state index contributed by atoms with van der Waals surface area (Å²) in [7, 11) is 0. The van der Waals surface area contributed by atoms with E-state index in [1.54, 1.807) is 11.1 Å². The molecule has 3 nitrogen and oxygen atoms in total. The molecule has 0 saturated carbocycles. The highest BCUT2D eigenvalue weighted by Gasteiger charge is 2.27. The predicted molar refractivity (Wildman–Crippen MR) is 75.0 cm³/mol. The molecule has 0 saturated heterocycles. The molecule has 2 aromatic rings. The van der Waals surface area contributed by atoms with E-state index in [0.29, 0.717) is 6.04 Å². The Kier molecular flexibility index (Phi) is 2.66. The SMILES string of the molecule is c1ccc2c(c1)CCC(N1CCc3nc[nH]c3C1)C2. The lowest BCUT2D eigenvalue weighted by atomic mass is 9.87. The van der Waals surface area contributed by atoms with Gasteiger partial charge in [0.05, 0.1) is 17.7 Å². The minimum absolute atomic E-state index is 0.700. The van der Waals surface area contributed by atoms with Crippen molar-refractivity contribution in [2.24, 2.45) is 0 Å². The maximum atomic E-state index is 4.39. The van der Waals surface area contributed by atoms with Crippen molar-refractivity contribution in [3.63, 3.8) is 0 Å². The first kappa shape index (κ1) is 11.2. The monoisotopic (exact) mass is 253 g/mol. The number of hydrogen-bond donors (Lipinski definition) is 1. The van der Waals surface area contributed by atoms with Gasteiger partial charge in [0.2, 0.25) is 0 Å². The summed E-state index contributed by atoms with van der Waals surface area (Å²) in [5.74, 6) is 0. The van der Waals surface area contributed by atoms with Crippen LogP contribution in [0.15, 0.2) is 30.6 Å². The number of aromatic nitrogens is 2. The summed E-state index contributed by atoms with van der Waals surface area (Å²) in [6.07, 6.45) is 6.66. The molecular weight excluding hydrogens is 234 g/mol. The van der Waals surface area contributed by atoms with E-state index in [4.69, 9.17) is 0 Å². The summed E-state index contributed by atoms with van der Waals surface area (Å²) in [4.78, 5) is 10.3. The summed E-state index contributed by atoms with van der Waals surface area (Å²) in [6.45, 7) is 2.20. The second-order valence-electron chi connectivity index (χ2n) is 5.71. The Morgan fingerprint density at radius 3 is 3.00 bits per heavy atom. The summed E-state index contributed by atoms with van der Waals surface area (Å²) < 4.78 is 0. The van der Waals surface area contributed by atoms with E-state index in [9.17, 15) is 0 Å². The zero-order chi connectivity index (χ0) is 12.7. The number of benzene rings is 1. The molecule has 0 spiro atoms. The van der Waals surface area contributed by atoms with E-state index in [2.05, 4.69) is 39.1 Å². The lowest BCUT2D eigenvalue weighted by Crippen LogP contribution is -2.42. The van der Waals surface area contributed by atoms with Gasteiger partial charge in [-0.3, -0.25) is 4.90 Å². The van der Waals surface area contributed by atoms with Gasteiger partial charge in [-0.05, 0) is 30.4 Å². The molecule has 0 fully saturated rings. The van der Waals surface area contributed by atoms with Crippen molar-refractivity contribution < 1.29 is 0 Å². The largest absolute Gasteiger partial charge is 0.347 e. The van der Waals surface area contributed by atoms with Crippen molar-refractivity contribution in [1.82, 2.24) is 14.9 Å². The van der Waals surface area contributed by atoms with Gasteiger partial charge < -0.3 is 4.98 Å². The van der Waals surface area contributed by atoms with E-state index in [1.807, 2.05) is 6.33 Å². The maximum absolute atomic E-state index is 4.39. The molecule has 2 aliphatic rings. The van der Waals surface area contributed by atoms with Gasteiger partial charge in [-0.1, -0.05) is 24.3 Å². The number of imidazole rings is 1. The summed E-state index contributed by atoms with van der Waals surface area (Å²) in [5.41, 5.74) is 5.70. The molecule has 1 unspecified atom stereocenters. The van der Waals surface area contributed by atoms with Crippen molar-refractivity contribution in [2.75, 3.05) is 6.54 Å². The molecule has 1 atom stereocenters. The average molecular weight is 253 g/mol. The molecule has 1 aromatic heterocycles. The van der Waals surface area contributed by atoms with Crippen LogP contribution in [0.4, 0.5) is 0 Å². The Bertz CT molecular complexity index is 587. The Morgan fingerprint density at radius 1 is 1.16 bits per heavy atom. The van der Waals surface area contributed by atoms with Crippen LogP contribution in [0.5, 0.6) is 0 Å². The van der Waals surface area contributed by atoms with Crippen molar-refractivity contribution >= 4 is 0 Å². The Balaban J connectivity index is 1.53. The summed E-state index contributed by atoms with van der Waals surface area (Å²) >= 11 is 0. The number of hydrogen-bond acceptors (Lipinski definition) is 2. The molecule has 1 aliphatic heterocycles. The van der Waals surface area contributed by atoms with Gasteiger partial charge in [0, 0.05) is 25.6 Å². The molecule has 98 valence electrons. The van der Waals surface area contributed by atoms with Crippen LogP contribution in [-0.2, 0) is 25.8 Å². The molecule has 1 aliphatic carbocycles. The second-order valence-corrected chi connectivity index (χ2v) is 5.71. The predicted octanol–water partition coefficient (Wildman–Crippen LogP) is 2.33. The van der Waals surface area contributed by atoms with E-state index in [-0.39, 0.29) is 0 Å². The van der Waals surface area contributed by atoms with Crippen LogP contribution in [0.2, 0.25) is 0 Å². The van der Waals surface area contributed by atoms with Crippen LogP contribution in [0.25, 0.3) is 0 Å². The third kappa shape index (κ3) is 1.98. The van der Waals surface area contributed by atoms with Crippen LogP contribution in [-0.4, -0.2) is 27.5 Å². The molecule has 3 heteroatoms. The van der Waals surface area contributed by atoms with Gasteiger partial charge in [0.1, 0.15) is 0 Å². The summed E-state index contributed by atoms with van der Waals surface area (Å²) in [6, 6.07) is 9.62. The number of rotatable bonds is 1. The quantitative estimate of drug-likeness (QED) is 0.846. The smallest absolute Gasteiger partial charge is 0.0925 e. The van der Waals surface area contributed by atoms with E-state index < -0.39 is 0 Å². The van der Waals surface area contributed by atoms with Gasteiger partial charge >= 0.3 is 0 Å². The average Bonchev–Trinajstić information content (AvgIpc) is 2.94. The molecule has 4 rings (SSSR count). The number of fused-ring (bicyclic) bond motifs is 2. The van der Waals surface area contributed by atoms with Crippen LogP contribution >= 0.6 is 0 Å². The molecule has 19 heavy (non-hydrogen) atoms. The van der Waals surface area contributed by atoms with Crippen LogP contribution in [0, 0.1) is 0 Å². The first-order valence-corrected chi connectivity index (χ1v) is 7.22. The van der Waals surface area contributed by atoms with Crippen LogP contribution in [0.3, 0.4) is 0 Å². The molecule has 0 bridgehead atoms. The standard InChI is InChI=1S/C16H19N3/c1-2-4-13-9-14(6-5-12(13)3-1)19-8-7-15-16(10-19)18-11-17-15/h1-4,11,14H,5-10H2,(H,17,18). The van der Waals surface area contributed by atoms with Crippen LogP contribution in [0.1, 0.15) is 28.9 Å². The Hall–Kier alpha value is -1.61. The fourth-order valence-corrected chi connectivity index (χ4v) is 3.54. The third-order valence-electron chi connectivity index (χ3n) is 4.64. The Labute approximate surface area is 113 Å².